The number of halogens is 2. The summed E-state index contributed by atoms with van der Waals surface area (Å²) in [6.45, 7) is 2.51. The molecule has 1 fully saturated rings. The Morgan fingerprint density at radius 1 is 1.22 bits per heavy atom. The molecular weight excluding hydrogens is 361 g/mol. The van der Waals surface area contributed by atoms with Crippen LogP contribution in [0, 0.1) is 18.7 Å². The number of hydrogen-bond acceptors (Lipinski definition) is 2. The zero-order valence-electron chi connectivity index (χ0n) is 16.2. The van der Waals surface area contributed by atoms with Crippen molar-refractivity contribution in [2.75, 3.05) is 20.6 Å². The van der Waals surface area contributed by atoms with Crippen molar-refractivity contribution in [2.24, 2.45) is 5.92 Å². The molecule has 0 amide bonds. The van der Waals surface area contributed by atoms with Gasteiger partial charge in [-0.15, -0.1) is 0 Å². The van der Waals surface area contributed by atoms with Gasteiger partial charge in [0, 0.05) is 17.5 Å². The van der Waals surface area contributed by atoms with E-state index in [-0.39, 0.29) is 11.7 Å². The summed E-state index contributed by atoms with van der Waals surface area (Å²) in [7, 11) is 4.04. The summed E-state index contributed by atoms with van der Waals surface area (Å²) in [6, 6.07) is 12.6. The van der Waals surface area contributed by atoms with Gasteiger partial charge in [0.15, 0.2) is 0 Å². The molecule has 0 saturated heterocycles. The van der Waals surface area contributed by atoms with Crippen LogP contribution < -0.4 is 0 Å². The Bertz CT molecular complexity index is 831. The molecule has 1 aliphatic carbocycles. The minimum absolute atomic E-state index is 0.0460. The fraction of sp³-hybridized carbons (Fsp3) is 0.391. The van der Waals surface area contributed by atoms with Gasteiger partial charge in [-0.1, -0.05) is 35.9 Å². The van der Waals surface area contributed by atoms with E-state index in [4.69, 9.17) is 11.6 Å². The Balaban J connectivity index is 2.11. The van der Waals surface area contributed by atoms with Crippen molar-refractivity contribution in [1.29, 1.82) is 0 Å². The number of aryl methyl sites for hydroxylation is 1. The summed E-state index contributed by atoms with van der Waals surface area (Å²) in [4.78, 5) is 2.11. The lowest BCUT2D eigenvalue weighted by atomic mass is 9.67. The first-order valence-corrected chi connectivity index (χ1v) is 9.79. The van der Waals surface area contributed by atoms with E-state index in [0.29, 0.717) is 10.6 Å². The van der Waals surface area contributed by atoms with Crippen LogP contribution >= 0.6 is 11.6 Å². The van der Waals surface area contributed by atoms with Gasteiger partial charge in [0.05, 0.1) is 0 Å². The normalized spacial score (nSPS) is 24.6. The third kappa shape index (κ3) is 4.26. The number of aliphatic hydroxyl groups is 1. The predicted molar refractivity (Wildman–Crippen MR) is 110 cm³/mol. The predicted octanol–water partition coefficient (Wildman–Crippen LogP) is 5.42. The van der Waals surface area contributed by atoms with E-state index in [0.717, 1.165) is 42.5 Å². The minimum atomic E-state index is -1.11. The van der Waals surface area contributed by atoms with E-state index >= 15 is 0 Å². The van der Waals surface area contributed by atoms with Crippen LogP contribution in [0.5, 0.6) is 0 Å². The summed E-state index contributed by atoms with van der Waals surface area (Å²) in [5.74, 6) is -0.199. The third-order valence-electron chi connectivity index (χ3n) is 5.47. The second-order valence-corrected chi connectivity index (χ2v) is 8.24. The average molecular weight is 388 g/mol. The van der Waals surface area contributed by atoms with Gasteiger partial charge < -0.3 is 10.0 Å². The van der Waals surface area contributed by atoms with E-state index < -0.39 is 5.60 Å². The zero-order valence-corrected chi connectivity index (χ0v) is 16.9. The molecule has 2 aromatic carbocycles. The van der Waals surface area contributed by atoms with Gasteiger partial charge in [-0.05, 0) is 86.8 Å². The molecule has 0 aromatic heterocycles. The Hall–Kier alpha value is -1.68. The molecule has 2 unspecified atom stereocenters. The fourth-order valence-corrected chi connectivity index (χ4v) is 4.24. The maximum absolute atomic E-state index is 13.9. The van der Waals surface area contributed by atoms with Crippen LogP contribution in [0.4, 0.5) is 4.39 Å². The SMILES string of the molecule is Cc1cc(C2(O)C(=Cc3ccc(Cl)cc3)CCCC2CN(C)C)ccc1F. The molecule has 0 bridgehead atoms. The third-order valence-corrected chi connectivity index (χ3v) is 5.73. The molecule has 1 aliphatic rings. The molecule has 2 aromatic rings. The molecule has 2 nitrogen and oxygen atoms in total. The molecule has 27 heavy (non-hydrogen) atoms. The van der Waals surface area contributed by atoms with Crippen LogP contribution in [0.3, 0.4) is 0 Å². The zero-order chi connectivity index (χ0) is 19.6. The molecule has 1 N–H and O–H groups in total. The number of hydrogen-bond donors (Lipinski definition) is 1. The van der Waals surface area contributed by atoms with Gasteiger partial charge in [-0.3, -0.25) is 0 Å². The Morgan fingerprint density at radius 3 is 2.56 bits per heavy atom. The van der Waals surface area contributed by atoms with Crippen molar-refractivity contribution in [1.82, 2.24) is 4.90 Å². The van der Waals surface area contributed by atoms with Crippen molar-refractivity contribution in [3.63, 3.8) is 0 Å². The number of benzene rings is 2. The summed E-state index contributed by atoms with van der Waals surface area (Å²) >= 11 is 6.01. The Morgan fingerprint density at radius 2 is 1.93 bits per heavy atom. The number of rotatable bonds is 4. The van der Waals surface area contributed by atoms with E-state index in [2.05, 4.69) is 11.0 Å². The molecule has 144 valence electrons. The van der Waals surface area contributed by atoms with Crippen LogP contribution in [0.2, 0.25) is 5.02 Å². The summed E-state index contributed by atoms with van der Waals surface area (Å²) in [5, 5.41) is 12.7. The quantitative estimate of drug-likeness (QED) is 0.757. The summed E-state index contributed by atoms with van der Waals surface area (Å²) in [5.41, 5.74) is 2.21. The highest BCUT2D eigenvalue weighted by atomic mass is 35.5. The van der Waals surface area contributed by atoms with Crippen molar-refractivity contribution in [3.05, 3.63) is 75.6 Å². The Labute approximate surface area is 166 Å². The van der Waals surface area contributed by atoms with Crippen molar-refractivity contribution >= 4 is 17.7 Å². The molecule has 0 heterocycles. The van der Waals surface area contributed by atoms with Crippen LogP contribution in [-0.4, -0.2) is 30.6 Å². The molecule has 0 spiro atoms. The van der Waals surface area contributed by atoms with Gasteiger partial charge in [0.1, 0.15) is 11.4 Å². The van der Waals surface area contributed by atoms with Gasteiger partial charge >= 0.3 is 0 Å². The molecule has 4 heteroatoms. The Kier molecular flexibility index (Phi) is 6.05. The number of nitrogens with zero attached hydrogens (tertiary/aromatic N) is 1. The highest BCUT2D eigenvalue weighted by molar-refractivity contribution is 6.30. The highest BCUT2D eigenvalue weighted by Crippen LogP contribution is 2.46. The van der Waals surface area contributed by atoms with Crippen molar-refractivity contribution in [2.45, 2.75) is 31.8 Å². The first-order chi connectivity index (χ1) is 12.8. The standard InChI is InChI=1S/C23H27ClFNO/c1-16-13-19(9-12-22(16)25)23(27)18(5-4-6-20(23)15-26(2)3)14-17-7-10-21(24)11-8-17/h7-14,20,27H,4-6,15H2,1-3H3. The fourth-order valence-electron chi connectivity index (χ4n) is 4.11. The lowest BCUT2D eigenvalue weighted by molar-refractivity contribution is -0.0175. The van der Waals surface area contributed by atoms with E-state index in [1.165, 1.54) is 6.07 Å². The summed E-state index contributed by atoms with van der Waals surface area (Å²) in [6.07, 6.45) is 4.85. The molecular formula is C23H27ClFNO. The summed E-state index contributed by atoms with van der Waals surface area (Å²) < 4.78 is 13.9. The highest BCUT2D eigenvalue weighted by Gasteiger charge is 2.44. The smallest absolute Gasteiger partial charge is 0.126 e. The topological polar surface area (TPSA) is 23.5 Å². The molecule has 3 rings (SSSR count). The van der Waals surface area contributed by atoms with Gasteiger partial charge in [0.2, 0.25) is 0 Å². The van der Waals surface area contributed by atoms with E-state index in [1.54, 1.807) is 19.1 Å². The maximum atomic E-state index is 13.9. The first kappa shape index (κ1) is 20.1. The van der Waals surface area contributed by atoms with E-state index in [1.807, 2.05) is 38.4 Å². The van der Waals surface area contributed by atoms with Gasteiger partial charge in [-0.2, -0.15) is 0 Å². The minimum Gasteiger partial charge on any atom is -0.380 e. The molecule has 2 atom stereocenters. The lowest BCUT2D eigenvalue weighted by Crippen LogP contribution is -2.44. The largest absolute Gasteiger partial charge is 0.380 e. The van der Waals surface area contributed by atoms with E-state index in [9.17, 15) is 9.50 Å². The second-order valence-electron chi connectivity index (χ2n) is 7.80. The first-order valence-electron chi connectivity index (χ1n) is 9.41. The van der Waals surface area contributed by atoms with Crippen LogP contribution in [-0.2, 0) is 5.60 Å². The monoisotopic (exact) mass is 387 g/mol. The van der Waals surface area contributed by atoms with Gasteiger partial charge in [0.25, 0.3) is 0 Å². The van der Waals surface area contributed by atoms with Crippen LogP contribution in [0.1, 0.15) is 36.0 Å². The van der Waals surface area contributed by atoms with Gasteiger partial charge in [-0.25, -0.2) is 4.39 Å². The van der Waals surface area contributed by atoms with Crippen LogP contribution in [0.15, 0.2) is 48.0 Å². The lowest BCUT2D eigenvalue weighted by Gasteiger charge is -2.44. The molecule has 0 radical (unpaired) electrons. The van der Waals surface area contributed by atoms with Crippen molar-refractivity contribution in [3.8, 4) is 0 Å². The second kappa shape index (κ2) is 8.14. The van der Waals surface area contributed by atoms with Crippen LogP contribution in [0.25, 0.3) is 6.08 Å². The maximum Gasteiger partial charge on any atom is 0.126 e. The molecule has 0 aliphatic heterocycles. The van der Waals surface area contributed by atoms with Crippen molar-refractivity contribution < 1.29 is 9.50 Å². The average Bonchev–Trinajstić information content (AvgIpc) is 2.62. The molecule has 1 saturated carbocycles.